The lowest BCUT2D eigenvalue weighted by molar-refractivity contribution is -0.315. The molecule has 0 radical (unpaired) electrons. The van der Waals surface area contributed by atoms with Crippen molar-refractivity contribution in [2.24, 2.45) is 0 Å². The number of carboxylic acid groups (broad SMARTS) is 4. The Bertz CT molecular complexity index is 1830. The third-order valence-electron chi connectivity index (χ3n) is 6.13. The van der Waals surface area contributed by atoms with Gasteiger partial charge >= 0.3 is 0 Å². The van der Waals surface area contributed by atoms with E-state index in [1.54, 1.807) is 36.4 Å². The number of anilines is 6. The van der Waals surface area contributed by atoms with Crippen LogP contribution in [0.2, 0.25) is 0 Å². The van der Waals surface area contributed by atoms with Crippen LogP contribution in [0.3, 0.4) is 0 Å². The Morgan fingerprint density at radius 1 is 0.521 bits per heavy atom. The van der Waals surface area contributed by atoms with E-state index in [-0.39, 0.29) is 23.4 Å². The third kappa shape index (κ3) is 9.60. The van der Waals surface area contributed by atoms with Gasteiger partial charge in [-0.05, 0) is 76.9 Å². The SMILES string of the molecule is C=C([O-])/C(=C/c1ccc(Nc2nc(Nc3ccc(C=C(C(=O)[O-])C(=O)[O-])cc3)nc(Nc3ccc(/C=C/C(=O)[O-])cc3)n2)cc1)C(=O)[O-]. The maximum Gasteiger partial charge on any atom is 0.233 e. The molecule has 0 fully saturated rings. The highest BCUT2D eigenvalue weighted by atomic mass is 16.4. The predicted molar refractivity (Wildman–Crippen MR) is 163 cm³/mol. The maximum atomic E-state index is 11.5. The minimum absolute atomic E-state index is 0.0454. The maximum absolute atomic E-state index is 11.5. The van der Waals surface area contributed by atoms with Crippen LogP contribution in [-0.2, 0) is 19.2 Å². The Labute approximate surface area is 271 Å². The first-order valence-corrected chi connectivity index (χ1v) is 13.6. The average molecular weight is 646 g/mol. The van der Waals surface area contributed by atoms with Crippen LogP contribution in [0.1, 0.15) is 16.7 Å². The lowest BCUT2D eigenvalue weighted by atomic mass is 10.1. The summed E-state index contributed by atoms with van der Waals surface area (Å²) >= 11 is 0. The van der Waals surface area contributed by atoms with Crippen LogP contribution in [0.25, 0.3) is 18.2 Å². The van der Waals surface area contributed by atoms with Crippen LogP contribution in [0.15, 0.2) is 102 Å². The van der Waals surface area contributed by atoms with Crippen molar-refractivity contribution in [3.63, 3.8) is 0 Å². The summed E-state index contributed by atoms with van der Waals surface area (Å²) in [6.07, 6.45) is 4.27. The molecule has 48 heavy (non-hydrogen) atoms. The molecular weight excluding hydrogens is 624 g/mol. The van der Waals surface area contributed by atoms with Crippen LogP contribution >= 0.6 is 0 Å². The molecule has 15 heteroatoms. The van der Waals surface area contributed by atoms with E-state index in [9.17, 15) is 44.7 Å². The van der Waals surface area contributed by atoms with Crippen molar-refractivity contribution in [3.05, 3.63) is 119 Å². The first-order chi connectivity index (χ1) is 22.9. The Morgan fingerprint density at radius 3 is 1.17 bits per heavy atom. The molecule has 0 saturated heterocycles. The molecule has 0 bridgehead atoms. The molecule has 0 unspecified atom stereocenters. The van der Waals surface area contributed by atoms with E-state index < -0.39 is 40.8 Å². The van der Waals surface area contributed by atoms with Crippen LogP contribution in [0, 0.1) is 0 Å². The van der Waals surface area contributed by atoms with E-state index in [0.29, 0.717) is 28.2 Å². The summed E-state index contributed by atoms with van der Waals surface area (Å²) in [6.45, 7) is 3.10. The van der Waals surface area contributed by atoms with Crippen LogP contribution in [0.4, 0.5) is 34.9 Å². The predicted octanol–water partition coefficient (Wildman–Crippen LogP) is -1.24. The Balaban J connectivity index is 1.62. The molecule has 3 aromatic carbocycles. The topological polar surface area (TPSA) is 258 Å². The number of carboxylic acids is 4. The van der Waals surface area contributed by atoms with Gasteiger partial charge in [-0.25, -0.2) is 0 Å². The summed E-state index contributed by atoms with van der Waals surface area (Å²) in [5.41, 5.74) is 1.06. The fourth-order valence-electron chi connectivity index (χ4n) is 3.89. The number of nitrogens with zero attached hydrogens (tertiary/aromatic N) is 3. The van der Waals surface area contributed by atoms with Crippen molar-refractivity contribution >= 4 is 77.0 Å². The van der Waals surface area contributed by atoms with Crippen molar-refractivity contribution in [3.8, 4) is 0 Å². The largest absolute Gasteiger partial charge is 0.872 e. The Kier molecular flexibility index (Phi) is 10.6. The summed E-state index contributed by atoms with van der Waals surface area (Å²) in [5, 5.41) is 64.4. The minimum Gasteiger partial charge on any atom is -0.872 e. The number of hydrogen-bond acceptors (Lipinski definition) is 15. The molecule has 0 amide bonds. The minimum atomic E-state index is -1.90. The quantitative estimate of drug-likeness (QED) is 0.0476. The summed E-state index contributed by atoms with van der Waals surface area (Å²) in [5.74, 6) is -7.51. The zero-order valence-corrected chi connectivity index (χ0v) is 24.5. The molecule has 242 valence electrons. The molecule has 0 spiro atoms. The highest BCUT2D eigenvalue weighted by molar-refractivity contribution is 6.14. The van der Waals surface area contributed by atoms with E-state index in [4.69, 9.17) is 0 Å². The van der Waals surface area contributed by atoms with Gasteiger partial charge in [0.1, 0.15) is 0 Å². The number of aliphatic carboxylic acids is 4. The molecule has 1 heterocycles. The first-order valence-electron chi connectivity index (χ1n) is 13.6. The lowest BCUT2D eigenvalue weighted by Crippen LogP contribution is -2.36. The highest BCUT2D eigenvalue weighted by Gasteiger charge is 2.10. The lowest BCUT2D eigenvalue weighted by Gasteiger charge is -2.15. The summed E-state index contributed by atoms with van der Waals surface area (Å²) in [4.78, 5) is 57.1. The number of nitrogens with one attached hydrogen (secondary N) is 3. The van der Waals surface area contributed by atoms with Gasteiger partial charge in [0.25, 0.3) is 0 Å². The second-order valence-electron chi connectivity index (χ2n) is 9.60. The third-order valence-corrected chi connectivity index (χ3v) is 6.13. The van der Waals surface area contributed by atoms with Crippen molar-refractivity contribution in [2.75, 3.05) is 16.0 Å². The van der Waals surface area contributed by atoms with Gasteiger partial charge in [-0.1, -0.05) is 42.5 Å². The number of benzene rings is 3. The van der Waals surface area contributed by atoms with Crippen LogP contribution < -0.4 is 41.5 Å². The second-order valence-corrected chi connectivity index (χ2v) is 9.60. The van der Waals surface area contributed by atoms with E-state index in [1.165, 1.54) is 42.5 Å². The second kappa shape index (κ2) is 15.1. The molecule has 0 atom stereocenters. The average Bonchev–Trinajstić information content (AvgIpc) is 3.03. The van der Waals surface area contributed by atoms with E-state index in [2.05, 4.69) is 37.5 Å². The Morgan fingerprint density at radius 2 is 0.854 bits per heavy atom. The fourth-order valence-corrected chi connectivity index (χ4v) is 3.89. The van der Waals surface area contributed by atoms with Gasteiger partial charge < -0.3 is 60.7 Å². The highest BCUT2D eigenvalue weighted by Crippen LogP contribution is 2.23. The molecule has 0 saturated carbocycles. The van der Waals surface area contributed by atoms with E-state index in [1.807, 2.05) is 0 Å². The van der Waals surface area contributed by atoms with E-state index >= 15 is 0 Å². The summed E-state index contributed by atoms with van der Waals surface area (Å²) in [7, 11) is 0. The summed E-state index contributed by atoms with van der Waals surface area (Å²) < 4.78 is 0. The molecule has 15 nitrogen and oxygen atoms in total. The first kappa shape index (κ1) is 33.6. The number of rotatable bonds is 14. The smallest absolute Gasteiger partial charge is 0.233 e. The monoisotopic (exact) mass is 645 g/mol. The van der Waals surface area contributed by atoms with Crippen LogP contribution in [-0.4, -0.2) is 38.8 Å². The number of carbonyl (C=O) groups excluding carboxylic acids is 4. The van der Waals surface area contributed by atoms with Gasteiger partial charge in [-0.15, -0.1) is 12.3 Å². The standard InChI is InChI=1S/C33H26N6O9/c1-18(40)25(28(43)44)16-20-4-11-23(12-5-20)35-32-37-31(34-22-9-2-19(3-10-22)8-15-27(41)42)38-33(39-32)36-24-13-6-21(7-14-24)17-26(29(45)46)30(47)48/h2-17,40H,1H2,(H,41,42)(H,43,44)(H,45,46)(H,47,48)(H3,34,35,36,37,38,39)/p-5/b15-8+,25-16-. The fraction of sp³-hybridized carbons (Fsp3) is 0. The zero-order chi connectivity index (χ0) is 34.8. The van der Waals surface area contributed by atoms with Gasteiger partial charge in [-0.2, -0.15) is 15.0 Å². The van der Waals surface area contributed by atoms with Gasteiger partial charge in [0.15, 0.2) is 0 Å². The molecule has 0 aliphatic rings. The van der Waals surface area contributed by atoms with Crippen LogP contribution in [0.5, 0.6) is 0 Å². The van der Waals surface area contributed by atoms with Crippen molar-refractivity contribution in [1.29, 1.82) is 0 Å². The zero-order valence-electron chi connectivity index (χ0n) is 24.5. The number of aromatic nitrogens is 3. The molecule has 0 aliphatic heterocycles. The molecule has 4 aromatic rings. The summed E-state index contributed by atoms with van der Waals surface area (Å²) in [6, 6.07) is 18.7. The Hall–Kier alpha value is -7.29. The number of hydrogen-bond donors (Lipinski definition) is 3. The van der Waals surface area contributed by atoms with Gasteiger partial charge in [0.2, 0.25) is 17.8 Å². The number of carbonyl (C=O) groups is 4. The molecular formula is C33H21N6O9-5. The molecule has 3 N–H and O–H groups in total. The van der Waals surface area contributed by atoms with Gasteiger partial charge in [0, 0.05) is 22.6 Å². The van der Waals surface area contributed by atoms with E-state index in [0.717, 1.165) is 18.2 Å². The van der Waals surface area contributed by atoms with Crippen molar-refractivity contribution < 1.29 is 44.7 Å². The molecule has 0 aliphatic carbocycles. The molecule has 4 rings (SSSR count). The van der Waals surface area contributed by atoms with Gasteiger partial charge in [-0.3, -0.25) is 0 Å². The van der Waals surface area contributed by atoms with Gasteiger partial charge in [0.05, 0.1) is 23.9 Å². The van der Waals surface area contributed by atoms with Crippen molar-refractivity contribution in [1.82, 2.24) is 15.0 Å². The molecule has 1 aromatic heterocycles. The van der Waals surface area contributed by atoms with Crippen molar-refractivity contribution in [2.45, 2.75) is 0 Å². The normalized spacial score (nSPS) is 11.0.